The number of nitrogens with zero attached hydrogens (tertiary/aromatic N) is 2. The summed E-state index contributed by atoms with van der Waals surface area (Å²) in [4.78, 5) is 0. The first-order valence-corrected chi connectivity index (χ1v) is 6.51. The number of rotatable bonds is 5. The molecule has 0 amide bonds. The van der Waals surface area contributed by atoms with Crippen molar-refractivity contribution >= 4 is 0 Å². The Labute approximate surface area is 114 Å². The zero-order valence-electron chi connectivity index (χ0n) is 11.7. The number of aryl methyl sites for hydroxylation is 2. The first-order chi connectivity index (χ1) is 9.13. The Hall–Kier alpha value is -1.65. The highest BCUT2D eigenvalue weighted by atomic mass is 16.3. The SMILES string of the molecule is Cc1nn(C)c(C)c1CN[C@@H](CO)c1ccccc1. The van der Waals surface area contributed by atoms with Crippen molar-refractivity contribution in [1.82, 2.24) is 15.1 Å². The monoisotopic (exact) mass is 259 g/mol. The van der Waals surface area contributed by atoms with Crippen LogP contribution >= 0.6 is 0 Å². The molecule has 1 aromatic carbocycles. The Morgan fingerprint density at radius 3 is 2.47 bits per heavy atom. The average Bonchev–Trinajstić information content (AvgIpc) is 2.66. The number of benzene rings is 1. The second-order valence-electron chi connectivity index (χ2n) is 4.80. The van der Waals surface area contributed by atoms with E-state index in [-0.39, 0.29) is 12.6 Å². The summed E-state index contributed by atoms with van der Waals surface area (Å²) < 4.78 is 1.89. The lowest BCUT2D eigenvalue weighted by molar-refractivity contribution is 0.243. The summed E-state index contributed by atoms with van der Waals surface area (Å²) in [5, 5.41) is 17.3. The van der Waals surface area contributed by atoms with Crippen LogP contribution in [0.15, 0.2) is 30.3 Å². The van der Waals surface area contributed by atoms with Crippen molar-refractivity contribution < 1.29 is 5.11 Å². The standard InChI is InChI=1S/C15H21N3O/c1-11-14(12(2)18(3)17-11)9-16-15(10-19)13-7-5-4-6-8-13/h4-8,15-16,19H,9-10H2,1-3H3/t15-/m0/s1. The third kappa shape index (κ3) is 3.03. The lowest BCUT2D eigenvalue weighted by Crippen LogP contribution is -2.24. The summed E-state index contributed by atoms with van der Waals surface area (Å²) in [5.41, 5.74) is 4.51. The summed E-state index contributed by atoms with van der Waals surface area (Å²) in [7, 11) is 1.95. The van der Waals surface area contributed by atoms with E-state index in [2.05, 4.69) is 17.3 Å². The van der Waals surface area contributed by atoms with Crippen molar-refractivity contribution in [2.75, 3.05) is 6.61 Å². The lowest BCUT2D eigenvalue weighted by atomic mass is 10.1. The first kappa shape index (κ1) is 13.8. The smallest absolute Gasteiger partial charge is 0.0641 e. The fraction of sp³-hybridized carbons (Fsp3) is 0.400. The normalized spacial score (nSPS) is 12.6. The molecule has 0 aliphatic rings. The summed E-state index contributed by atoms with van der Waals surface area (Å²) in [6, 6.07) is 9.96. The molecule has 2 N–H and O–H groups in total. The molecule has 2 aromatic rings. The number of aliphatic hydroxyl groups excluding tert-OH is 1. The van der Waals surface area contributed by atoms with E-state index in [9.17, 15) is 5.11 Å². The largest absolute Gasteiger partial charge is 0.394 e. The summed E-state index contributed by atoms with van der Waals surface area (Å²) >= 11 is 0. The van der Waals surface area contributed by atoms with Gasteiger partial charge in [-0.3, -0.25) is 4.68 Å². The third-order valence-corrected chi connectivity index (χ3v) is 3.57. The van der Waals surface area contributed by atoms with Gasteiger partial charge in [-0.15, -0.1) is 0 Å². The van der Waals surface area contributed by atoms with E-state index in [0.29, 0.717) is 6.54 Å². The van der Waals surface area contributed by atoms with Crippen LogP contribution in [0.3, 0.4) is 0 Å². The van der Waals surface area contributed by atoms with E-state index >= 15 is 0 Å². The van der Waals surface area contributed by atoms with Gasteiger partial charge in [0.25, 0.3) is 0 Å². The minimum atomic E-state index is -0.0415. The molecule has 0 spiro atoms. The van der Waals surface area contributed by atoms with Crippen molar-refractivity contribution in [3.63, 3.8) is 0 Å². The molecule has 4 nitrogen and oxygen atoms in total. The number of aliphatic hydroxyl groups is 1. The predicted molar refractivity (Wildman–Crippen MR) is 75.8 cm³/mol. The van der Waals surface area contributed by atoms with Crippen LogP contribution in [0.2, 0.25) is 0 Å². The van der Waals surface area contributed by atoms with Gasteiger partial charge in [0.15, 0.2) is 0 Å². The molecule has 1 atom stereocenters. The van der Waals surface area contributed by atoms with E-state index in [1.165, 1.54) is 5.56 Å². The Balaban J connectivity index is 2.08. The molecule has 0 bridgehead atoms. The fourth-order valence-electron chi connectivity index (χ4n) is 2.27. The van der Waals surface area contributed by atoms with Gasteiger partial charge in [-0.25, -0.2) is 0 Å². The highest BCUT2D eigenvalue weighted by molar-refractivity contribution is 5.25. The molecule has 0 saturated carbocycles. The first-order valence-electron chi connectivity index (χ1n) is 6.51. The highest BCUT2D eigenvalue weighted by Gasteiger charge is 2.13. The van der Waals surface area contributed by atoms with Crippen molar-refractivity contribution in [3.05, 3.63) is 52.8 Å². The van der Waals surface area contributed by atoms with Crippen molar-refractivity contribution in [3.8, 4) is 0 Å². The molecule has 0 unspecified atom stereocenters. The quantitative estimate of drug-likeness (QED) is 0.861. The topological polar surface area (TPSA) is 50.1 Å². The molecular formula is C15H21N3O. The van der Waals surface area contributed by atoms with Crippen LogP contribution < -0.4 is 5.32 Å². The van der Waals surface area contributed by atoms with E-state index in [1.54, 1.807) is 0 Å². The van der Waals surface area contributed by atoms with E-state index in [1.807, 2.05) is 49.0 Å². The number of hydrogen-bond donors (Lipinski definition) is 2. The second kappa shape index (κ2) is 5.99. The van der Waals surface area contributed by atoms with Gasteiger partial charge >= 0.3 is 0 Å². The Kier molecular flexibility index (Phi) is 4.35. The van der Waals surface area contributed by atoms with Crippen LogP contribution in [0.5, 0.6) is 0 Å². The number of aromatic nitrogens is 2. The summed E-state index contributed by atoms with van der Waals surface area (Å²) in [6.07, 6.45) is 0. The van der Waals surface area contributed by atoms with Crippen LogP contribution in [0.4, 0.5) is 0 Å². The maximum Gasteiger partial charge on any atom is 0.0641 e. The molecule has 19 heavy (non-hydrogen) atoms. The second-order valence-corrected chi connectivity index (χ2v) is 4.80. The third-order valence-electron chi connectivity index (χ3n) is 3.57. The minimum absolute atomic E-state index is 0.0415. The van der Waals surface area contributed by atoms with Gasteiger partial charge in [0.2, 0.25) is 0 Å². The van der Waals surface area contributed by atoms with Crippen molar-refractivity contribution in [2.24, 2.45) is 7.05 Å². The highest BCUT2D eigenvalue weighted by Crippen LogP contribution is 2.16. The molecule has 0 fully saturated rings. The Bertz CT molecular complexity index is 534. The van der Waals surface area contributed by atoms with Gasteiger partial charge in [-0.05, 0) is 19.4 Å². The van der Waals surface area contributed by atoms with Gasteiger partial charge in [0, 0.05) is 24.8 Å². The van der Waals surface area contributed by atoms with E-state index in [0.717, 1.165) is 17.0 Å². The lowest BCUT2D eigenvalue weighted by Gasteiger charge is -2.16. The van der Waals surface area contributed by atoms with Gasteiger partial charge in [0.1, 0.15) is 0 Å². The maximum atomic E-state index is 9.52. The van der Waals surface area contributed by atoms with Crippen LogP contribution in [-0.4, -0.2) is 21.5 Å². The van der Waals surface area contributed by atoms with Gasteiger partial charge in [-0.2, -0.15) is 5.10 Å². The van der Waals surface area contributed by atoms with Crippen LogP contribution in [-0.2, 0) is 13.6 Å². The van der Waals surface area contributed by atoms with Gasteiger partial charge in [0.05, 0.1) is 18.3 Å². The molecule has 2 rings (SSSR count). The molecule has 0 aliphatic carbocycles. The molecule has 4 heteroatoms. The molecule has 0 aliphatic heterocycles. The summed E-state index contributed by atoms with van der Waals surface area (Å²) in [6.45, 7) is 4.88. The summed E-state index contributed by atoms with van der Waals surface area (Å²) in [5.74, 6) is 0. The average molecular weight is 259 g/mol. The molecule has 0 radical (unpaired) electrons. The van der Waals surface area contributed by atoms with E-state index < -0.39 is 0 Å². The molecular weight excluding hydrogens is 238 g/mol. The van der Waals surface area contributed by atoms with Crippen molar-refractivity contribution in [1.29, 1.82) is 0 Å². The zero-order chi connectivity index (χ0) is 13.8. The zero-order valence-corrected chi connectivity index (χ0v) is 11.7. The molecule has 102 valence electrons. The predicted octanol–water partition coefficient (Wildman–Crippen LogP) is 1.86. The van der Waals surface area contributed by atoms with E-state index in [4.69, 9.17) is 0 Å². The van der Waals surface area contributed by atoms with Gasteiger partial charge in [-0.1, -0.05) is 30.3 Å². The minimum Gasteiger partial charge on any atom is -0.394 e. The number of nitrogens with one attached hydrogen (secondary N) is 1. The maximum absolute atomic E-state index is 9.52. The van der Waals surface area contributed by atoms with Crippen LogP contribution in [0.25, 0.3) is 0 Å². The Morgan fingerprint density at radius 1 is 1.26 bits per heavy atom. The molecule has 0 saturated heterocycles. The Morgan fingerprint density at radius 2 is 1.95 bits per heavy atom. The number of hydrogen-bond acceptors (Lipinski definition) is 3. The van der Waals surface area contributed by atoms with Crippen molar-refractivity contribution in [2.45, 2.75) is 26.4 Å². The molecule has 1 heterocycles. The van der Waals surface area contributed by atoms with Crippen LogP contribution in [0, 0.1) is 13.8 Å². The molecule has 1 aromatic heterocycles. The fourth-order valence-corrected chi connectivity index (χ4v) is 2.27. The van der Waals surface area contributed by atoms with Gasteiger partial charge < -0.3 is 10.4 Å². The van der Waals surface area contributed by atoms with Crippen LogP contribution in [0.1, 0.15) is 28.6 Å².